The van der Waals surface area contributed by atoms with Crippen LogP contribution in [0.1, 0.15) is 31.1 Å². The van der Waals surface area contributed by atoms with Crippen LogP contribution in [0.4, 0.5) is 11.4 Å². The molecular formula is C22H14N2O9. The van der Waals surface area contributed by atoms with E-state index in [0.717, 1.165) is 6.07 Å². The average Bonchev–Trinajstić information content (AvgIpc) is 2.82. The number of carbonyl (C=O) groups excluding carboxylic acids is 3. The van der Waals surface area contributed by atoms with Crippen LogP contribution in [0, 0.1) is 20.2 Å². The number of Topliss-reactive ketones (excluding diaryl/α,β-unsaturated/α-hetero) is 1. The minimum absolute atomic E-state index is 0.0997. The molecule has 3 aromatic rings. The average molecular weight is 450 g/mol. The molecule has 0 spiro atoms. The van der Waals surface area contributed by atoms with Gasteiger partial charge in [0.25, 0.3) is 11.4 Å². The lowest BCUT2D eigenvalue weighted by molar-refractivity contribution is -0.385. The summed E-state index contributed by atoms with van der Waals surface area (Å²) in [7, 11) is 0. The zero-order valence-electron chi connectivity index (χ0n) is 16.7. The predicted octanol–water partition coefficient (Wildman–Crippen LogP) is 3.76. The zero-order chi connectivity index (χ0) is 24.0. The first kappa shape index (κ1) is 22.7. The SMILES string of the molecule is O=C(COC(=O)c1ccccc1[N+](=O)[O-])c1ccc(OC(=O)c2ccc([N+](=O)[O-])cc2)cc1. The quantitative estimate of drug-likeness (QED) is 0.164. The van der Waals surface area contributed by atoms with E-state index < -0.39 is 39.9 Å². The summed E-state index contributed by atoms with van der Waals surface area (Å²) in [6.45, 7) is -0.646. The van der Waals surface area contributed by atoms with Gasteiger partial charge < -0.3 is 9.47 Å². The highest BCUT2D eigenvalue weighted by atomic mass is 16.6. The number of para-hydroxylation sites is 1. The van der Waals surface area contributed by atoms with Crippen molar-refractivity contribution in [1.29, 1.82) is 0 Å². The van der Waals surface area contributed by atoms with Crippen LogP contribution in [-0.2, 0) is 4.74 Å². The number of non-ortho nitro benzene ring substituents is 1. The van der Waals surface area contributed by atoms with E-state index in [-0.39, 0.29) is 28.1 Å². The summed E-state index contributed by atoms with van der Waals surface area (Å²) in [5.74, 6) is -2.21. The molecule has 0 N–H and O–H groups in total. The van der Waals surface area contributed by atoms with E-state index in [1.165, 1.54) is 66.7 Å². The first-order valence-corrected chi connectivity index (χ1v) is 9.26. The summed E-state index contributed by atoms with van der Waals surface area (Å²) in [5, 5.41) is 21.7. The Morgan fingerprint density at radius 2 is 1.33 bits per heavy atom. The van der Waals surface area contributed by atoms with E-state index in [1.54, 1.807) is 0 Å². The Morgan fingerprint density at radius 3 is 1.94 bits per heavy atom. The summed E-state index contributed by atoms with van der Waals surface area (Å²) in [6, 6.07) is 15.4. The first-order chi connectivity index (χ1) is 15.8. The van der Waals surface area contributed by atoms with Crippen LogP contribution in [0.15, 0.2) is 72.8 Å². The number of benzene rings is 3. The third-order valence-corrected chi connectivity index (χ3v) is 4.36. The normalized spacial score (nSPS) is 10.2. The second-order valence-electron chi connectivity index (χ2n) is 6.49. The van der Waals surface area contributed by atoms with Gasteiger partial charge in [0.05, 0.1) is 15.4 Å². The number of nitro benzene ring substituents is 2. The molecule has 33 heavy (non-hydrogen) atoms. The molecule has 3 rings (SSSR count). The number of ether oxygens (including phenoxy) is 2. The van der Waals surface area contributed by atoms with Gasteiger partial charge in [-0.15, -0.1) is 0 Å². The topological polar surface area (TPSA) is 156 Å². The lowest BCUT2D eigenvalue weighted by atomic mass is 10.1. The number of hydrogen-bond acceptors (Lipinski definition) is 9. The molecule has 0 aliphatic heterocycles. The summed E-state index contributed by atoms with van der Waals surface area (Å²) < 4.78 is 10.0. The Kier molecular flexibility index (Phi) is 6.84. The smallest absolute Gasteiger partial charge is 0.345 e. The molecular weight excluding hydrogens is 436 g/mol. The maximum absolute atomic E-state index is 12.3. The third-order valence-electron chi connectivity index (χ3n) is 4.36. The molecule has 3 aromatic carbocycles. The number of carbonyl (C=O) groups is 3. The number of rotatable bonds is 8. The van der Waals surface area contributed by atoms with E-state index in [2.05, 4.69) is 0 Å². The van der Waals surface area contributed by atoms with E-state index >= 15 is 0 Å². The van der Waals surface area contributed by atoms with Crippen LogP contribution in [0.2, 0.25) is 0 Å². The molecule has 0 saturated heterocycles. The molecule has 0 fully saturated rings. The Morgan fingerprint density at radius 1 is 0.727 bits per heavy atom. The molecule has 0 aromatic heterocycles. The highest BCUT2D eigenvalue weighted by Gasteiger charge is 2.21. The molecule has 11 nitrogen and oxygen atoms in total. The van der Waals surface area contributed by atoms with Crippen molar-refractivity contribution in [3.63, 3.8) is 0 Å². The second kappa shape index (κ2) is 9.92. The molecule has 0 aliphatic carbocycles. The number of esters is 2. The fourth-order valence-electron chi connectivity index (χ4n) is 2.69. The molecule has 0 amide bonds. The van der Waals surface area contributed by atoms with Crippen molar-refractivity contribution in [3.05, 3.63) is 110 Å². The van der Waals surface area contributed by atoms with Crippen LogP contribution in [0.3, 0.4) is 0 Å². The summed E-state index contributed by atoms with van der Waals surface area (Å²) in [6.07, 6.45) is 0. The van der Waals surface area contributed by atoms with Crippen molar-refractivity contribution in [1.82, 2.24) is 0 Å². The maximum atomic E-state index is 12.3. The Hall–Kier alpha value is -4.93. The molecule has 0 unspecified atom stereocenters. The molecule has 0 heterocycles. The van der Waals surface area contributed by atoms with Crippen LogP contribution >= 0.6 is 0 Å². The fraction of sp³-hybridized carbons (Fsp3) is 0.0455. The summed E-state index contributed by atoms with van der Waals surface area (Å²) in [4.78, 5) is 56.8. The second-order valence-corrected chi connectivity index (χ2v) is 6.49. The minimum atomic E-state index is -1.01. The van der Waals surface area contributed by atoms with Crippen molar-refractivity contribution in [2.24, 2.45) is 0 Å². The van der Waals surface area contributed by atoms with Crippen molar-refractivity contribution < 1.29 is 33.7 Å². The number of ketones is 1. The standard InChI is InChI=1S/C22H14N2O9/c25-20(13-32-22(27)18-3-1-2-4-19(18)24(30)31)14-7-11-17(12-8-14)33-21(26)15-5-9-16(10-6-15)23(28)29/h1-12H,13H2. The zero-order valence-corrected chi connectivity index (χ0v) is 16.7. The van der Waals surface area contributed by atoms with E-state index in [9.17, 15) is 34.6 Å². The van der Waals surface area contributed by atoms with Gasteiger partial charge in [0, 0.05) is 23.8 Å². The summed E-state index contributed by atoms with van der Waals surface area (Å²) in [5.41, 5.74) is -0.627. The van der Waals surface area contributed by atoms with Crippen LogP contribution < -0.4 is 4.74 Å². The van der Waals surface area contributed by atoms with Gasteiger partial charge in [0.15, 0.2) is 12.4 Å². The largest absolute Gasteiger partial charge is 0.454 e. The molecule has 166 valence electrons. The Balaban J connectivity index is 1.59. The Bertz CT molecular complexity index is 1240. The number of nitro groups is 2. The molecule has 0 atom stereocenters. The first-order valence-electron chi connectivity index (χ1n) is 9.26. The molecule has 0 bridgehead atoms. The highest BCUT2D eigenvalue weighted by Crippen LogP contribution is 2.20. The minimum Gasteiger partial charge on any atom is -0.454 e. The van der Waals surface area contributed by atoms with Gasteiger partial charge in [-0.25, -0.2) is 9.59 Å². The fourth-order valence-corrected chi connectivity index (χ4v) is 2.69. The number of nitrogens with zero attached hydrogens (tertiary/aromatic N) is 2. The van der Waals surface area contributed by atoms with Crippen molar-refractivity contribution >= 4 is 29.1 Å². The van der Waals surface area contributed by atoms with Gasteiger partial charge in [-0.1, -0.05) is 12.1 Å². The monoisotopic (exact) mass is 450 g/mol. The number of hydrogen-bond donors (Lipinski definition) is 0. The van der Waals surface area contributed by atoms with Gasteiger partial charge in [-0.2, -0.15) is 0 Å². The molecule has 0 saturated carbocycles. The Labute approximate surface area is 185 Å². The van der Waals surface area contributed by atoms with E-state index in [0.29, 0.717) is 0 Å². The van der Waals surface area contributed by atoms with Gasteiger partial charge in [-0.3, -0.25) is 25.0 Å². The predicted molar refractivity (Wildman–Crippen MR) is 112 cm³/mol. The van der Waals surface area contributed by atoms with Crippen LogP contribution in [-0.4, -0.2) is 34.2 Å². The van der Waals surface area contributed by atoms with Gasteiger partial charge in [0.2, 0.25) is 0 Å². The van der Waals surface area contributed by atoms with Gasteiger partial charge in [-0.05, 0) is 42.5 Å². The molecule has 11 heteroatoms. The van der Waals surface area contributed by atoms with E-state index in [4.69, 9.17) is 9.47 Å². The van der Waals surface area contributed by atoms with Crippen molar-refractivity contribution in [2.45, 2.75) is 0 Å². The molecule has 0 aliphatic rings. The van der Waals surface area contributed by atoms with Crippen LogP contribution in [0.5, 0.6) is 5.75 Å². The highest BCUT2D eigenvalue weighted by molar-refractivity contribution is 6.00. The van der Waals surface area contributed by atoms with Crippen LogP contribution in [0.25, 0.3) is 0 Å². The lowest BCUT2D eigenvalue weighted by Crippen LogP contribution is -2.15. The van der Waals surface area contributed by atoms with Crippen molar-refractivity contribution in [3.8, 4) is 5.75 Å². The molecule has 0 radical (unpaired) electrons. The van der Waals surface area contributed by atoms with Crippen molar-refractivity contribution in [2.75, 3.05) is 6.61 Å². The lowest BCUT2D eigenvalue weighted by Gasteiger charge is -2.07. The maximum Gasteiger partial charge on any atom is 0.345 e. The van der Waals surface area contributed by atoms with Gasteiger partial charge >= 0.3 is 11.9 Å². The van der Waals surface area contributed by atoms with E-state index in [1.807, 2.05) is 0 Å². The van der Waals surface area contributed by atoms with Gasteiger partial charge in [0.1, 0.15) is 11.3 Å². The summed E-state index contributed by atoms with van der Waals surface area (Å²) >= 11 is 0. The third kappa shape index (κ3) is 5.61.